The molecule has 1 fully saturated rings. The van der Waals surface area contributed by atoms with E-state index in [4.69, 9.17) is 4.74 Å². The molecule has 1 rings (SSSR count). The smallest absolute Gasteiger partial charge is 0.222 e. The lowest BCUT2D eigenvalue weighted by Crippen LogP contribution is -2.30. The van der Waals surface area contributed by atoms with Crippen LogP contribution in [0, 0.1) is 0 Å². The van der Waals surface area contributed by atoms with Gasteiger partial charge in [0.1, 0.15) is 0 Å². The van der Waals surface area contributed by atoms with Gasteiger partial charge in [-0.2, -0.15) is 0 Å². The summed E-state index contributed by atoms with van der Waals surface area (Å²) in [6, 6.07) is 0. The Morgan fingerprint density at radius 2 is 2.36 bits per heavy atom. The number of rotatable bonds is 5. The predicted octanol–water partition coefficient (Wildman–Crippen LogP) is 1.86. The third-order valence-electron chi connectivity index (χ3n) is 2.54. The van der Waals surface area contributed by atoms with Crippen LogP contribution in [-0.4, -0.2) is 25.2 Å². The zero-order chi connectivity index (χ0) is 10.2. The molecule has 1 saturated heterocycles. The van der Waals surface area contributed by atoms with Gasteiger partial charge in [-0.15, -0.1) is 0 Å². The SMILES string of the molecule is CCCCNC(=O)CC1CCCCO1. The van der Waals surface area contributed by atoms with E-state index in [9.17, 15) is 4.79 Å². The van der Waals surface area contributed by atoms with Gasteiger partial charge in [0, 0.05) is 13.2 Å². The lowest BCUT2D eigenvalue weighted by atomic mass is 10.1. The standard InChI is InChI=1S/C11H21NO2/c1-2-3-7-12-11(13)9-10-6-4-5-8-14-10/h10H,2-9H2,1H3,(H,12,13). The molecule has 3 heteroatoms. The third kappa shape index (κ3) is 4.61. The molecule has 1 heterocycles. The normalized spacial score (nSPS) is 21.9. The minimum atomic E-state index is 0.144. The van der Waals surface area contributed by atoms with E-state index in [1.807, 2.05) is 0 Å². The summed E-state index contributed by atoms with van der Waals surface area (Å²) in [4.78, 5) is 11.4. The molecule has 1 N–H and O–H groups in total. The molecule has 1 aliphatic heterocycles. The molecule has 1 aliphatic rings. The summed E-state index contributed by atoms with van der Waals surface area (Å²) in [5.74, 6) is 0.144. The van der Waals surface area contributed by atoms with Gasteiger partial charge in [0.25, 0.3) is 0 Å². The number of hydrogen-bond acceptors (Lipinski definition) is 2. The Morgan fingerprint density at radius 3 is 3.00 bits per heavy atom. The van der Waals surface area contributed by atoms with Crippen molar-refractivity contribution < 1.29 is 9.53 Å². The van der Waals surface area contributed by atoms with Crippen molar-refractivity contribution >= 4 is 5.91 Å². The van der Waals surface area contributed by atoms with Crippen LogP contribution < -0.4 is 5.32 Å². The Kier molecular flexibility index (Phi) is 5.60. The second-order valence-electron chi connectivity index (χ2n) is 3.90. The van der Waals surface area contributed by atoms with Crippen molar-refractivity contribution in [1.29, 1.82) is 0 Å². The Hall–Kier alpha value is -0.570. The zero-order valence-corrected chi connectivity index (χ0v) is 9.05. The second kappa shape index (κ2) is 6.82. The highest BCUT2D eigenvalue weighted by Gasteiger charge is 2.16. The van der Waals surface area contributed by atoms with Crippen LogP contribution in [0.25, 0.3) is 0 Å². The number of unbranched alkanes of at least 4 members (excludes halogenated alkanes) is 1. The molecule has 0 bridgehead atoms. The van der Waals surface area contributed by atoms with Crippen LogP contribution >= 0.6 is 0 Å². The first-order valence-corrected chi connectivity index (χ1v) is 5.71. The van der Waals surface area contributed by atoms with E-state index < -0.39 is 0 Å². The molecule has 3 nitrogen and oxygen atoms in total. The lowest BCUT2D eigenvalue weighted by molar-refractivity contribution is -0.124. The molecule has 0 aromatic heterocycles. The number of amides is 1. The summed E-state index contributed by atoms with van der Waals surface area (Å²) in [5.41, 5.74) is 0. The molecule has 1 amide bonds. The van der Waals surface area contributed by atoms with Gasteiger partial charge in [-0.1, -0.05) is 13.3 Å². The number of carbonyl (C=O) groups is 1. The van der Waals surface area contributed by atoms with E-state index in [-0.39, 0.29) is 12.0 Å². The van der Waals surface area contributed by atoms with Crippen LogP contribution in [0.1, 0.15) is 45.4 Å². The summed E-state index contributed by atoms with van der Waals surface area (Å²) in [6.07, 6.45) is 6.30. The van der Waals surface area contributed by atoms with E-state index in [0.29, 0.717) is 6.42 Å². The van der Waals surface area contributed by atoms with Crippen LogP contribution in [0.2, 0.25) is 0 Å². The molecule has 1 unspecified atom stereocenters. The molecular weight excluding hydrogens is 178 g/mol. The first-order valence-electron chi connectivity index (χ1n) is 5.71. The molecule has 0 aromatic rings. The second-order valence-corrected chi connectivity index (χ2v) is 3.90. The van der Waals surface area contributed by atoms with Gasteiger partial charge in [0.2, 0.25) is 5.91 Å². The molecule has 14 heavy (non-hydrogen) atoms. The Labute approximate surface area is 86.2 Å². The van der Waals surface area contributed by atoms with E-state index in [2.05, 4.69) is 12.2 Å². The molecule has 82 valence electrons. The van der Waals surface area contributed by atoms with Crippen molar-refractivity contribution in [1.82, 2.24) is 5.32 Å². The van der Waals surface area contributed by atoms with Crippen molar-refractivity contribution in [2.45, 2.75) is 51.6 Å². The molecule has 1 atom stereocenters. The molecule has 0 saturated carbocycles. The minimum Gasteiger partial charge on any atom is -0.378 e. The predicted molar refractivity (Wildman–Crippen MR) is 56.1 cm³/mol. The fourth-order valence-electron chi connectivity index (χ4n) is 1.65. The van der Waals surface area contributed by atoms with Crippen molar-refractivity contribution in [2.24, 2.45) is 0 Å². The fraction of sp³-hybridized carbons (Fsp3) is 0.909. The average Bonchev–Trinajstić information content (AvgIpc) is 2.20. The quantitative estimate of drug-likeness (QED) is 0.686. The molecule has 0 aromatic carbocycles. The zero-order valence-electron chi connectivity index (χ0n) is 9.05. The van der Waals surface area contributed by atoms with Gasteiger partial charge < -0.3 is 10.1 Å². The fourth-order valence-corrected chi connectivity index (χ4v) is 1.65. The first kappa shape index (κ1) is 11.5. The van der Waals surface area contributed by atoms with Crippen molar-refractivity contribution in [3.63, 3.8) is 0 Å². The minimum absolute atomic E-state index is 0.144. The topological polar surface area (TPSA) is 38.3 Å². The van der Waals surface area contributed by atoms with Crippen LogP contribution in [0.4, 0.5) is 0 Å². The monoisotopic (exact) mass is 199 g/mol. The summed E-state index contributed by atoms with van der Waals surface area (Å²) in [5, 5.41) is 2.91. The van der Waals surface area contributed by atoms with Gasteiger partial charge in [0.15, 0.2) is 0 Å². The summed E-state index contributed by atoms with van der Waals surface area (Å²) < 4.78 is 5.49. The van der Waals surface area contributed by atoms with Crippen molar-refractivity contribution in [2.75, 3.05) is 13.2 Å². The van der Waals surface area contributed by atoms with Gasteiger partial charge in [-0.25, -0.2) is 0 Å². The van der Waals surface area contributed by atoms with Crippen LogP contribution in [0.15, 0.2) is 0 Å². The highest BCUT2D eigenvalue weighted by molar-refractivity contribution is 5.76. The van der Waals surface area contributed by atoms with Gasteiger partial charge in [-0.05, 0) is 25.7 Å². The van der Waals surface area contributed by atoms with Crippen LogP contribution in [0.5, 0.6) is 0 Å². The van der Waals surface area contributed by atoms with E-state index in [0.717, 1.165) is 38.8 Å². The third-order valence-corrected chi connectivity index (χ3v) is 2.54. The van der Waals surface area contributed by atoms with Crippen molar-refractivity contribution in [3.05, 3.63) is 0 Å². The maximum absolute atomic E-state index is 11.4. The number of carbonyl (C=O) groups excluding carboxylic acids is 1. The summed E-state index contributed by atoms with van der Waals surface area (Å²) in [6.45, 7) is 3.76. The Bertz CT molecular complexity index is 165. The maximum atomic E-state index is 11.4. The summed E-state index contributed by atoms with van der Waals surface area (Å²) >= 11 is 0. The molecule has 0 radical (unpaired) electrons. The number of nitrogens with one attached hydrogen (secondary N) is 1. The Morgan fingerprint density at radius 1 is 1.50 bits per heavy atom. The highest BCUT2D eigenvalue weighted by atomic mass is 16.5. The average molecular weight is 199 g/mol. The highest BCUT2D eigenvalue weighted by Crippen LogP contribution is 2.15. The summed E-state index contributed by atoms with van der Waals surface area (Å²) in [7, 11) is 0. The first-order chi connectivity index (χ1) is 6.83. The maximum Gasteiger partial charge on any atom is 0.222 e. The Balaban J connectivity index is 2.06. The van der Waals surface area contributed by atoms with Crippen LogP contribution in [-0.2, 0) is 9.53 Å². The largest absolute Gasteiger partial charge is 0.378 e. The van der Waals surface area contributed by atoms with E-state index >= 15 is 0 Å². The number of ether oxygens (including phenoxy) is 1. The van der Waals surface area contributed by atoms with E-state index in [1.165, 1.54) is 6.42 Å². The van der Waals surface area contributed by atoms with Crippen molar-refractivity contribution in [3.8, 4) is 0 Å². The molecule has 0 aliphatic carbocycles. The van der Waals surface area contributed by atoms with Gasteiger partial charge in [0.05, 0.1) is 12.5 Å². The van der Waals surface area contributed by atoms with Crippen LogP contribution in [0.3, 0.4) is 0 Å². The molecular formula is C11H21NO2. The lowest BCUT2D eigenvalue weighted by Gasteiger charge is -2.21. The molecule has 0 spiro atoms. The van der Waals surface area contributed by atoms with E-state index in [1.54, 1.807) is 0 Å². The van der Waals surface area contributed by atoms with Gasteiger partial charge >= 0.3 is 0 Å². The van der Waals surface area contributed by atoms with Gasteiger partial charge in [-0.3, -0.25) is 4.79 Å². The number of hydrogen-bond donors (Lipinski definition) is 1.